The van der Waals surface area contributed by atoms with Crippen LogP contribution in [0.1, 0.15) is 0 Å². The predicted molar refractivity (Wildman–Crippen MR) is 57.8 cm³/mol. The molecule has 0 saturated carbocycles. The van der Waals surface area contributed by atoms with Gasteiger partial charge >= 0.3 is 5.97 Å². The molecule has 1 atom stereocenters. The van der Waals surface area contributed by atoms with Crippen LogP contribution in [-0.4, -0.2) is 58.8 Å². The molecule has 6 heteroatoms. The van der Waals surface area contributed by atoms with Crippen molar-refractivity contribution in [3.05, 3.63) is 6.92 Å². The molecule has 0 bridgehead atoms. The fourth-order valence-electron chi connectivity index (χ4n) is 0.772. The second-order valence-corrected chi connectivity index (χ2v) is 2.99. The van der Waals surface area contributed by atoms with E-state index < -0.39 is 12.0 Å². The Morgan fingerprint density at radius 3 is 2.12 bits per heavy atom. The highest BCUT2D eigenvalue weighted by molar-refractivity contribution is 5.76. The van der Waals surface area contributed by atoms with Crippen molar-refractivity contribution in [2.75, 3.05) is 46.8 Å². The molecule has 0 fully saturated rings. The Morgan fingerprint density at radius 1 is 1.12 bits per heavy atom. The number of rotatable bonds is 10. The van der Waals surface area contributed by atoms with E-state index in [-0.39, 0.29) is 6.61 Å². The second kappa shape index (κ2) is 10.8. The van der Waals surface area contributed by atoms with Gasteiger partial charge in [-0.25, -0.2) is 0 Å². The number of carbonyl (C=O) groups is 1. The molecule has 95 valence electrons. The predicted octanol–water partition coefficient (Wildman–Crippen LogP) is -0.629. The molecule has 1 unspecified atom stereocenters. The number of nitrogens with two attached hydrogens (primary N) is 1. The minimum atomic E-state index is -0.836. The van der Waals surface area contributed by atoms with Gasteiger partial charge in [0.05, 0.1) is 33.0 Å². The van der Waals surface area contributed by atoms with Crippen LogP contribution in [0, 0.1) is 6.92 Å². The molecule has 0 aliphatic heterocycles. The minimum absolute atomic E-state index is 0.181. The van der Waals surface area contributed by atoms with Crippen molar-refractivity contribution >= 4 is 5.97 Å². The maximum absolute atomic E-state index is 10.8. The smallest absolute Gasteiger partial charge is 0.322 e. The average Bonchev–Trinajstić information content (AvgIpc) is 2.26. The van der Waals surface area contributed by atoms with E-state index in [1.54, 1.807) is 7.11 Å². The molecule has 0 aromatic rings. The molecule has 0 aromatic carbocycles. The lowest BCUT2D eigenvalue weighted by molar-refractivity contribution is -0.145. The maximum atomic E-state index is 10.8. The quantitative estimate of drug-likeness (QED) is 0.400. The second-order valence-electron chi connectivity index (χ2n) is 2.99. The summed E-state index contributed by atoms with van der Waals surface area (Å²) in [7, 11) is 1.61. The Kier molecular flexibility index (Phi) is 10.3. The zero-order valence-corrected chi connectivity index (χ0v) is 9.65. The van der Waals surface area contributed by atoms with E-state index in [1.807, 2.05) is 0 Å². The monoisotopic (exact) mass is 234 g/mol. The maximum Gasteiger partial charge on any atom is 0.322 e. The summed E-state index contributed by atoms with van der Waals surface area (Å²) in [5.74, 6) is -0.528. The van der Waals surface area contributed by atoms with Crippen molar-refractivity contribution in [3.8, 4) is 0 Å². The van der Waals surface area contributed by atoms with Gasteiger partial charge in [0.15, 0.2) is 0 Å². The first-order valence-electron chi connectivity index (χ1n) is 5.08. The van der Waals surface area contributed by atoms with Crippen molar-refractivity contribution in [3.63, 3.8) is 0 Å². The lowest BCUT2D eigenvalue weighted by atomic mass is 10.4. The van der Waals surface area contributed by atoms with E-state index in [0.717, 1.165) is 0 Å². The lowest BCUT2D eigenvalue weighted by Crippen LogP contribution is -2.30. The standard InChI is InChI=1S/C10H20NO5/c1-9(11)10(12)16-8-7-15-6-5-14-4-3-13-2/h9H,1,3-8,11H2,2H3. The molecule has 0 heterocycles. The number of methoxy groups -OCH3 is 1. The largest absolute Gasteiger partial charge is 0.462 e. The number of esters is 1. The fraction of sp³-hybridized carbons (Fsp3) is 0.800. The number of ether oxygens (including phenoxy) is 4. The van der Waals surface area contributed by atoms with Gasteiger partial charge < -0.3 is 24.7 Å². The highest BCUT2D eigenvalue weighted by Gasteiger charge is 2.07. The Balaban J connectivity index is 3.07. The SMILES string of the molecule is [CH2]C(N)C(=O)OCCOCCOCCOC. The first-order chi connectivity index (χ1) is 7.68. The molecule has 0 amide bonds. The molecule has 0 aliphatic carbocycles. The Morgan fingerprint density at radius 2 is 1.62 bits per heavy atom. The minimum Gasteiger partial charge on any atom is -0.462 e. The van der Waals surface area contributed by atoms with Crippen LogP contribution >= 0.6 is 0 Å². The van der Waals surface area contributed by atoms with Crippen LogP contribution < -0.4 is 5.73 Å². The lowest BCUT2D eigenvalue weighted by Gasteiger charge is -2.08. The molecule has 0 spiro atoms. The molecule has 0 rings (SSSR count). The normalized spacial score (nSPS) is 12.4. The van der Waals surface area contributed by atoms with Gasteiger partial charge in [0, 0.05) is 7.11 Å². The van der Waals surface area contributed by atoms with Crippen LogP contribution in [0.15, 0.2) is 0 Å². The van der Waals surface area contributed by atoms with Crippen LogP contribution in [0.4, 0.5) is 0 Å². The van der Waals surface area contributed by atoms with Crippen molar-refractivity contribution in [2.45, 2.75) is 6.04 Å². The summed E-state index contributed by atoms with van der Waals surface area (Å²) in [4.78, 5) is 10.8. The molecule has 0 saturated heterocycles. The van der Waals surface area contributed by atoms with Gasteiger partial charge in [-0.15, -0.1) is 0 Å². The number of hydrogen-bond donors (Lipinski definition) is 1. The van der Waals surface area contributed by atoms with E-state index in [1.165, 1.54) is 0 Å². The summed E-state index contributed by atoms with van der Waals surface area (Å²) in [6.45, 7) is 5.90. The van der Waals surface area contributed by atoms with E-state index in [2.05, 4.69) is 6.92 Å². The molecule has 0 aromatic heterocycles. The van der Waals surface area contributed by atoms with Gasteiger partial charge in [0.25, 0.3) is 0 Å². The van der Waals surface area contributed by atoms with Gasteiger partial charge in [-0.2, -0.15) is 0 Å². The van der Waals surface area contributed by atoms with Crippen molar-refractivity contribution in [2.24, 2.45) is 5.73 Å². The number of hydrogen-bond acceptors (Lipinski definition) is 6. The Hall–Kier alpha value is -0.690. The molecule has 2 N–H and O–H groups in total. The van der Waals surface area contributed by atoms with Gasteiger partial charge in [-0.05, 0) is 6.92 Å². The summed E-state index contributed by atoms with van der Waals surface area (Å²) in [6, 6.07) is -0.836. The van der Waals surface area contributed by atoms with Crippen LogP contribution in [-0.2, 0) is 23.7 Å². The zero-order chi connectivity index (χ0) is 12.2. The topological polar surface area (TPSA) is 80.0 Å². The molecule has 1 radical (unpaired) electrons. The molecule has 6 nitrogen and oxygen atoms in total. The van der Waals surface area contributed by atoms with Crippen LogP contribution in [0.25, 0.3) is 0 Å². The molecular formula is C10H20NO5. The summed E-state index contributed by atoms with van der Waals surface area (Å²) in [6.07, 6.45) is 0. The zero-order valence-electron chi connectivity index (χ0n) is 9.65. The summed E-state index contributed by atoms with van der Waals surface area (Å²) in [5, 5.41) is 0. The van der Waals surface area contributed by atoms with Crippen LogP contribution in [0.3, 0.4) is 0 Å². The number of carbonyl (C=O) groups excluding carboxylic acids is 1. The Labute approximate surface area is 96.0 Å². The highest BCUT2D eigenvalue weighted by atomic mass is 16.6. The third-order valence-electron chi connectivity index (χ3n) is 1.58. The van der Waals surface area contributed by atoms with E-state index in [0.29, 0.717) is 33.0 Å². The van der Waals surface area contributed by atoms with Crippen molar-refractivity contribution < 1.29 is 23.7 Å². The molecule has 0 aliphatic rings. The van der Waals surface area contributed by atoms with Gasteiger partial charge in [-0.1, -0.05) is 0 Å². The molecular weight excluding hydrogens is 214 g/mol. The molecule has 16 heavy (non-hydrogen) atoms. The summed E-state index contributed by atoms with van der Waals surface area (Å²) in [5.41, 5.74) is 5.19. The van der Waals surface area contributed by atoms with Gasteiger partial charge in [0.2, 0.25) is 0 Å². The van der Waals surface area contributed by atoms with Crippen molar-refractivity contribution in [1.29, 1.82) is 0 Å². The first-order valence-corrected chi connectivity index (χ1v) is 5.08. The third-order valence-corrected chi connectivity index (χ3v) is 1.58. The summed E-state index contributed by atoms with van der Waals surface area (Å²) < 4.78 is 19.8. The summed E-state index contributed by atoms with van der Waals surface area (Å²) >= 11 is 0. The van der Waals surface area contributed by atoms with Crippen molar-refractivity contribution in [1.82, 2.24) is 0 Å². The van der Waals surface area contributed by atoms with E-state index in [9.17, 15) is 4.79 Å². The van der Waals surface area contributed by atoms with Crippen LogP contribution in [0.5, 0.6) is 0 Å². The average molecular weight is 234 g/mol. The Bertz CT molecular complexity index is 175. The third kappa shape index (κ3) is 9.85. The van der Waals surface area contributed by atoms with Gasteiger partial charge in [-0.3, -0.25) is 4.79 Å². The first kappa shape index (κ1) is 15.3. The van der Waals surface area contributed by atoms with Crippen LogP contribution in [0.2, 0.25) is 0 Å². The highest BCUT2D eigenvalue weighted by Crippen LogP contribution is 1.85. The van der Waals surface area contributed by atoms with E-state index in [4.69, 9.17) is 24.7 Å². The fourth-order valence-corrected chi connectivity index (χ4v) is 0.772. The van der Waals surface area contributed by atoms with E-state index >= 15 is 0 Å². The van der Waals surface area contributed by atoms with Gasteiger partial charge in [0.1, 0.15) is 12.6 Å².